The summed E-state index contributed by atoms with van der Waals surface area (Å²) in [4.78, 5) is 26.1. The van der Waals surface area contributed by atoms with Crippen molar-refractivity contribution in [2.45, 2.75) is 13.3 Å². The van der Waals surface area contributed by atoms with Crippen LogP contribution in [0.15, 0.2) is 30.3 Å². The van der Waals surface area contributed by atoms with E-state index < -0.39 is 41.5 Å². The Morgan fingerprint density at radius 1 is 1.14 bits per heavy atom. The summed E-state index contributed by atoms with van der Waals surface area (Å²) in [5, 5.41) is 12.1. The molecule has 0 saturated heterocycles. The van der Waals surface area contributed by atoms with Crippen molar-refractivity contribution in [3.63, 3.8) is 0 Å². The van der Waals surface area contributed by atoms with Gasteiger partial charge in [0.05, 0.1) is 18.4 Å². The van der Waals surface area contributed by atoms with Crippen LogP contribution in [0.3, 0.4) is 0 Å². The molecule has 2 N–H and O–H groups in total. The standard InChI is InChI=1S/C19H19F3N2O4/c1-3-8-24(19(27)12-9-11(28-2)4-7-15(12)25)10-16(26)23-14-6-5-13(20)17(21)18(14)22/h4-7,9,25H,3,8,10H2,1-2H3,(H,23,26). The van der Waals surface area contributed by atoms with Gasteiger partial charge in [-0.25, -0.2) is 13.2 Å². The van der Waals surface area contributed by atoms with Gasteiger partial charge in [-0.05, 0) is 36.8 Å². The Morgan fingerprint density at radius 2 is 1.86 bits per heavy atom. The molecule has 0 aliphatic rings. The highest BCUT2D eigenvalue weighted by molar-refractivity contribution is 6.01. The molecule has 0 bridgehead atoms. The van der Waals surface area contributed by atoms with Gasteiger partial charge in [0.25, 0.3) is 5.91 Å². The number of hydrogen-bond donors (Lipinski definition) is 2. The van der Waals surface area contributed by atoms with Gasteiger partial charge in [0.2, 0.25) is 5.91 Å². The lowest BCUT2D eigenvalue weighted by Crippen LogP contribution is -2.38. The SMILES string of the molecule is CCCN(CC(=O)Nc1ccc(F)c(F)c1F)C(=O)c1cc(OC)ccc1O. The molecule has 150 valence electrons. The van der Waals surface area contributed by atoms with Crippen LogP contribution in [-0.2, 0) is 4.79 Å². The molecule has 2 amide bonds. The third-order valence-corrected chi connectivity index (χ3v) is 3.86. The van der Waals surface area contributed by atoms with Crippen LogP contribution in [-0.4, -0.2) is 42.0 Å². The molecule has 0 radical (unpaired) electrons. The third kappa shape index (κ3) is 4.73. The van der Waals surface area contributed by atoms with Gasteiger partial charge >= 0.3 is 0 Å². The largest absolute Gasteiger partial charge is 0.507 e. The number of carbonyl (C=O) groups excluding carboxylic acids is 2. The summed E-state index contributed by atoms with van der Waals surface area (Å²) in [6, 6.07) is 5.64. The maximum atomic E-state index is 13.7. The Kier molecular flexibility index (Phi) is 6.86. The first kappa shape index (κ1) is 21.1. The summed E-state index contributed by atoms with van der Waals surface area (Å²) < 4.78 is 45.0. The molecule has 0 aliphatic heterocycles. The van der Waals surface area contributed by atoms with E-state index in [0.29, 0.717) is 18.2 Å². The minimum absolute atomic E-state index is 0.0698. The zero-order chi connectivity index (χ0) is 20.8. The summed E-state index contributed by atoms with van der Waals surface area (Å²) in [5.41, 5.74) is -0.614. The number of anilines is 1. The van der Waals surface area contributed by atoms with E-state index in [1.807, 2.05) is 0 Å². The highest BCUT2D eigenvalue weighted by atomic mass is 19.2. The van der Waals surface area contributed by atoms with Gasteiger partial charge in [-0.1, -0.05) is 6.92 Å². The quantitative estimate of drug-likeness (QED) is 0.704. The minimum atomic E-state index is -1.71. The van der Waals surface area contributed by atoms with Crippen LogP contribution in [0.1, 0.15) is 23.7 Å². The first-order valence-corrected chi connectivity index (χ1v) is 8.38. The molecular weight excluding hydrogens is 377 g/mol. The predicted octanol–water partition coefficient (Wildman–Crippen LogP) is 3.31. The lowest BCUT2D eigenvalue weighted by atomic mass is 10.1. The number of nitrogens with one attached hydrogen (secondary N) is 1. The molecule has 0 aliphatic carbocycles. The number of aromatic hydroxyl groups is 1. The van der Waals surface area contributed by atoms with E-state index in [4.69, 9.17) is 4.74 Å². The molecule has 9 heteroatoms. The molecule has 2 aromatic carbocycles. The summed E-state index contributed by atoms with van der Waals surface area (Å²) >= 11 is 0. The van der Waals surface area contributed by atoms with Gasteiger partial charge < -0.3 is 20.1 Å². The van der Waals surface area contributed by atoms with Crippen LogP contribution >= 0.6 is 0 Å². The summed E-state index contributed by atoms with van der Waals surface area (Å²) in [5.74, 6) is -6.03. The predicted molar refractivity (Wildman–Crippen MR) is 95.8 cm³/mol. The molecular formula is C19H19F3N2O4. The van der Waals surface area contributed by atoms with Gasteiger partial charge in [0.1, 0.15) is 18.0 Å². The van der Waals surface area contributed by atoms with Crippen LogP contribution in [0.2, 0.25) is 0 Å². The monoisotopic (exact) mass is 396 g/mol. The number of benzene rings is 2. The Labute approximate surface area is 159 Å². The second-order valence-corrected chi connectivity index (χ2v) is 5.88. The zero-order valence-corrected chi connectivity index (χ0v) is 15.3. The first-order chi connectivity index (χ1) is 13.3. The average molecular weight is 396 g/mol. The molecule has 0 aromatic heterocycles. The van der Waals surface area contributed by atoms with Gasteiger partial charge in [-0.2, -0.15) is 0 Å². The van der Waals surface area contributed by atoms with E-state index in [9.17, 15) is 27.9 Å². The Hall–Kier alpha value is -3.23. The van der Waals surface area contributed by atoms with E-state index >= 15 is 0 Å². The lowest BCUT2D eigenvalue weighted by Gasteiger charge is -2.22. The normalized spacial score (nSPS) is 10.5. The molecule has 2 aromatic rings. The molecule has 6 nitrogen and oxygen atoms in total. The number of hydrogen-bond acceptors (Lipinski definition) is 4. The number of nitrogens with zero attached hydrogens (tertiary/aromatic N) is 1. The highest BCUT2D eigenvalue weighted by Crippen LogP contribution is 2.25. The van der Waals surface area contributed by atoms with Crippen molar-refractivity contribution in [1.82, 2.24) is 4.90 Å². The van der Waals surface area contributed by atoms with Crippen molar-refractivity contribution in [2.24, 2.45) is 0 Å². The number of halogens is 3. The number of phenolic OH excluding ortho intramolecular Hbond substituents is 1. The number of ether oxygens (including phenoxy) is 1. The molecule has 28 heavy (non-hydrogen) atoms. The van der Waals surface area contributed by atoms with Gasteiger partial charge in [-0.15, -0.1) is 0 Å². The second kappa shape index (κ2) is 9.12. The number of phenols is 1. The maximum absolute atomic E-state index is 13.7. The van der Waals surface area contributed by atoms with Crippen molar-refractivity contribution in [1.29, 1.82) is 0 Å². The van der Waals surface area contributed by atoms with Crippen LogP contribution < -0.4 is 10.1 Å². The average Bonchev–Trinajstić information content (AvgIpc) is 2.68. The summed E-state index contributed by atoms with van der Waals surface area (Å²) in [6.45, 7) is 1.46. The van der Waals surface area contributed by atoms with Crippen molar-refractivity contribution in [2.75, 3.05) is 25.5 Å². The van der Waals surface area contributed by atoms with Crippen molar-refractivity contribution < 1.29 is 32.6 Å². The van der Waals surface area contributed by atoms with Crippen LogP contribution in [0.5, 0.6) is 11.5 Å². The number of methoxy groups -OCH3 is 1. The Morgan fingerprint density at radius 3 is 2.50 bits per heavy atom. The van der Waals surface area contributed by atoms with Crippen molar-refractivity contribution in [3.05, 3.63) is 53.3 Å². The van der Waals surface area contributed by atoms with Crippen LogP contribution in [0.25, 0.3) is 0 Å². The Bertz CT molecular complexity index is 890. The number of rotatable bonds is 7. The fourth-order valence-corrected chi connectivity index (χ4v) is 2.49. The smallest absolute Gasteiger partial charge is 0.258 e. The van der Waals surface area contributed by atoms with E-state index in [0.717, 1.165) is 11.0 Å². The van der Waals surface area contributed by atoms with Gasteiger partial charge in [-0.3, -0.25) is 9.59 Å². The second-order valence-electron chi connectivity index (χ2n) is 5.88. The van der Waals surface area contributed by atoms with E-state index in [1.54, 1.807) is 6.92 Å². The van der Waals surface area contributed by atoms with Crippen molar-refractivity contribution in [3.8, 4) is 11.5 Å². The molecule has 0 fully saturated rings. The highest BCUT2D eigenvalue weighted by Gasteiger charge is 2.23. The minimum Gasteiger partial charge on any atom is -0.507 e. The first-order valence-electron chi connectivity index (χ1n) is 8.38. The fourth-order valence-electron chi connectivity index (χ4n) is 2.49. The zero-order valence-electron chi connectivity index (χ0n) is 15.3. The van der Waals surface area contributed by atoms with E-state index in [2.05, 4.69) is 5.32 Å². The summed E-state index contributed by atoms with van der Waals surface area (Å²) in [6.07, 6.45) is 0.503. The number of carbonyl (C=O) groups is 2. The molecule has 0 heterocycles. The number of amides is 2. The molecule has 0 spiro atoms. The molecule has 0 atom stereocenters. The molecule has 2 rings (SSSR count). The Balaban J connectivity index is 2.19. The van der Waals surface area contributed by atoms with Crippen LogP contribution in [0, 0.1) is 17.5 Å². The third-order valence-electron chi connectivity index (χ3n) is 3.86. The molecule has 0 saturated carbocycles. The van der Waals surface area contributed by atoms with Crippen molar-refractivity contribution >= 4 is 17.5 Å². The lowest BCUT2D eigenvalue weighted by molar-refractivity contribution is -0.116. The van der Waals surface area contributed by atoms with Gasteiger partial charge in [0.15, 0.2) is 17.5 Å². The fraction of sp³-hybridized carbons (Fsp3) is 0.263. The van der Waals surface area contributed by atoms with E-state index in [1.165, 1.54) is 25.3 Å². The molecule has 0 unspecified atom stereocenters. The van der Waals surface area contributed by atoms with Gasteiger partial charge in [0, 0.05) is 6.54 Å². The van der Waals surface area contributed by atoms with Crippen LogP contribution in [0.4, 0.5) is 18.9 Å². The van der Waals surface area contributed by atoms with E-state index in [-0.39, 0.29) is 17.9 Å². The maximum Gasteiger partial charge on any atom is 0.258 e. The summed E-state index contributed by atoms with van der Waals surface area (Å²) in [7, 11) is 1.40. The topological polar surface area (TPSA) is 78.9 Å².